The number of hydrogen-bond donors (Lipinski definition) is 1. The number of benzene rings is 1. The summed E-state index contributed by atoms with van der Waals surface area (Å²) in [4.78, 5) is 0. The zero-order chi connectivity index (χ0) is 14.1. The molecule has 0 aliphatic heterocycles. The van der Waals surface area contributed by atoms with Crippen LogP contribution in [-0.4, -0.2) is 45.8 Å². The minimum Gasteiger partial charge on any atom is -0.497 e. The Labute approximate surface area is 114 Å². The van der Waals surface area contributed by atoms with Crippen LogP contribution in [0.2, 0.25) is 0 Å². The van der Waals surface area contributed by atoms with Crippen LogP contribution < -0.4 is 9.47 Å². The third-order valence-electron chi connectivity index (χ3n) is 2.65. The van der Waals surface area contributed by atoms with Crippen molar-refractivity contribution in [3.05, 3.63) is 23.8 Å². The van der Waals surface area contributed by atoms with Crippen molar-refractivity contribution >= 4 is 0 Å². The number of aliphatic hydroxyl groups excluding tert-OH is 1. The lowest BCUT2D eigenvalue weighted by atomic mass is 10.1. The van der Waals surface area contributed by atoms with Gasteiger partial charge in [-0.15, -0.1) is 0 Å². The normalized spacial score (nSPS) is 12.2. The SMILES string of the molecule is CCOCCOCC(O)c1cc(OC)ccc1OC. The lowest BCUT2D eigenvalue weighted by Gasteiger charge is -2.16. The predicted molar refractivity (Wildman–Crippen MR) is 71.8 cm³/mol. The van der Waals surface area contributed by atoms with E-state index in [4.69, 9.17) is 18.9 Å². The number of methoxy groups -OCH3 is 2. The highest BCUT2D eigenvalue weighted by atomic mass is 16.5. The van der Waals surface area contributed by atoms with Crippen molar-refractivity contribution in [1.29, 1.82) is 0 Å². The molecule has 0 fully saturated rings. The highest BCUT2D eigenvalue weighted by Crippen LogP contribution is 2.29. The molecule has 1 N–H and O–H groups in total. The van der Waals surface area contributed by atoms with E-state index in [-0.39, 0.29) is 6.61 Å². The molecule has 0 aliphatic carbocycles. The first-order chi connectivity index (χ1) is 9.22. The van der Waals surface area contributed by atoms with E-state index in [0.29, 0.717) is 36.9 Å². The quantitative estimate of drug-likeness (QED) is 0.693. The van der Waals surface area contributed by atoms with Gasteiger partial charge in [-0.05, 0) is 25.1 Å². The molecule has 0 amide bonds. The average Bonchev–Trinajstić information content (AvgIpc) is 2.46. The fraction of sp³-hybridized carbons (Fsp3) is 0.571. The maximum Gasteiger partial charge on any atom is 0.125 e. The van der Waals surface area contributed by atoms with Gasteiger partial charge in [0.05, 0.1) is 34.0 Å². The van der Waals surface area contributed by atoms with Crippen molar-refractivity contribution in [1.82, 2.24) is 0 Å². The molecule has 19 heavy (non-hydrogen) atoms. The molecule has 0 spiro atoms. The number of rotatable bonds is 9. The second kappa shape index (κ2) is 8.74. The molecule has 1 unspecified atom stereocenters. The summed E-state index contributed by atoms with van der Waals surface area (Å²) in [5, 5.41) is 10.1. The summed E-state index contributed by atoms with van der Waals surface area (Å²) < 4.78 is 20.9. The molecule has 0 heterocycles. The lowest BCUT2D eigenvalue weighted by Crippen LogP contribution is -2.12. The van der Waals surface area contributed by atoms with Crippen molar-refractivity contribution < 1.29 is 24.1 Å². The van der Waals surface area contributed by atoms with Crippen LogP contribution in [0.25, 0.3) is 0 Å². The Kier molecular flexibility index (Phi) is 7.25. The molecule has 108 valence electrons. The Balaban J connectivity index is 2.56. The van der Waals surface area contributed by atoms with E-state index in [2.05, 4.69) is 0 Å². The summed E-state index contributed by atoms with van der Waals surface area (Å²) in [7, 11) is 3.14. The Morgan fingerprint density at radius 1 is 1.11 bits per heavy atom. The van der Waals surface area contributed by atoms with E-state index in [1.807, 2.05) is 6.92 Å². The topological polar surface area (TPSA) is 57.2 Å². The first-order valence-corrected chi connectivity index (χ1v) is 6.28. The number of aliphatic hydroxyl groups is 1. The first kappa shape index (κ1) is 15.8. The molecule has 0 radical (unpaired) electrons. The maximum atomic E-state index is 10.1. The molecule has 1 aromatic carbocycles. The van der Waals surface area contributed by atoms with Gasteiger partial charge < -0.3 is 24.1 Å². The maximum absolute atomic E-state index is 10.1. The van der Waals surface area contributed by atoms with Crippen LogP contribution in [-0.2, 0) is 9.47 Å². The third-order valence-corrected chi connectivity index (χ3v) is 2.65. The Morgan fingerprint density at radius 2 is 1.84 bits per heavy atom. The van der Waals surface area contributed by atoms with Crippen molar-refractivity contribution in [2.24, 2.45) is 0 Å². The lowest BCUT2D eigenvalue weighted by molar-refractivity contribution is 0.00458. The summed E-state index contributed by atoms with van der Waals surface area (Å²) in [5.74, 6) is 1.28. The summed E-state index contributed by atoms with van der Waals surface area (Å²) >= 11 is 0. The van der Waals surface area contributed by atoms with Crippen LogP contribution in [0.15, 0.2) is 18.2 Å². The summed E-state index contributed by atoms with van der Waals surface area (Å²) in [6.45, 7) is 3.76. The Hall–Kier alpha value is -1.30. The highest BCUT2D eigenvalue weighted by molar-refractivity contribution is 5.41. The highest BCUT2D eigenvalue weighted by Gasteiger charge is 2.14. The zero-order valence-electron chi connectivity index (χ0n) is 11.7. The van der Waals surface area contributed by atoms with E-state index < -0.39 is 6.10 Å². The largest absolute Gasteiger partial charge is 0.497 e. The van der Waals surface area contributed by atoms with Crippen LogP contribution in [0, 0.1) is 0 Å². The molecule has 0 saturated carbocycles. The van der Waals surface area contributed by atoms with E-state index >= 15 is 0 Å². The van der Waals surface area contributed by atoms with Crippen molar-refractivity contribution in [2.75, 3.05) is 40.6 Å². The molecule has 5 heteroatoms. The number of hydrogen-bond acceptors (Lipinski definition) is 5. The fourth-order valence-corrected chi connectivity index (χ4v) is 1.65. The van der Waals surface area contributed by atoms with E-state index in [1.54, 1.807) is 32.4 Å². The molecule has 1 atom stereocenters. The van der Waals surface area contributed by atoms with Gasteiger partial charge in [-0.2, -0.15) is 0 Å². The molecule has 0 aliphatic rings. The minimum absolute atomic E-state index is 0.191. The van der Waals surface area contributed by atoms with Crippen LogP contribution in [0.3, 0.4) is 0 Å². The second-order valence-corrected chi connectivity index (χ2v) is 3.90. The predicted octanol–water partition coefficient (Wildman–Crippen LogP) is 1.79. The zero-order valence-corrected chi connectivity index (χ0v) is 11.7. The summed E-state index contributed by atoms with van der Waals surface area (Å²) in [5.41, 5.74) is 0.651. The van der Waals surface area contributed by atoms with Gasteiger partial charge in [-0.25, -0.2) is 0 Å². The third kappa shape index (κ3) is 5.06. The number of ether oxygens (including phenoxy) is 4. The fourth-order valence-electron chi connectivity index (χ4n) is 1.65. The first-order valence-electron chi connectivity index (χ1n) is 6.28. The molecule has 1 aromatic rings. The van der Waals surface area contributed by atoms with Crippen LogP contribution in [0.1, 0.15) is 18.6 Å². The van der Waals surface area contributed by atoms with Gasteiger partial charge in [0.1, 0.15) is 17.6 Å². The van der Waals surface area contributed by atoms with Crippen LogP contribution in [0.4, 0.5) is 0 Å². The standard InChI is InChI=1S/C14H22O5/c1-4-18-7-8-19-10-13(15)12-9-11(16-2)5-6-14(12)17-3/h5-6,9,13,15H,4,7-8,10H2,1-3H3. The Bertz CT molecular complexity index is 367. The molecular formula is C14H22O5. The van der Waals surface area contributed by atoms with Crippen molar-refractivity contribution in [3.63, 3.8) is 0 Å². The van der Waals surface area contributed by atoms with E-state index in [0.717, 1.165) is 0 Å². The Morgan fingerprint density at radius 3 is 2.47 bits per heavy atom. The molecule has 0 aromatic heterocycles. The molecule has 0 saturated heterocycles. The minimum atomic E-state index is -0.758. The molecule has 5 nitrogen and oxygen atoms in total. The van der Waals surface area contributed by atoms with Crippen LogP contribution in [0.5, 0.6) is 11.5 Å². The molecule has 0 bridgehead atoms. The van der Waals surface area contributed by atoms with Crippen molar-refractivity contribution in [3.8, 4) is 11.5 Å². The summed E-state index contributed by atoms with van der Waals surface area (Å²) in [6, 6.07) is 5.29. The van der Waals surface area contributed by atoms with E-state index in [9.17, 15) is 5.11 Å². The van der Waals surface area contributed by atoms with Crippen LogP contribution >= 0.6 is 0 Å². The van der Waals surface area contributed by atoms with Gasteiger partial charge >= 0.3 is 0 Å². The van der Waals surface area contributed by atoms with Gasteiger partial charge in [-0.3, -0.25) is 0 Å². The second-order valence-electron chi connectivity index (χ2n) is 3.90. The monoisotopic (exact) mass is 270 g/mol. The molecular weight excluding hydrogens is 248 g/mol. The van der Waals surface area contributed by atoms with E-state index in [1.165, 1.54) is 0 Å². The van der Waals surface area contributed by atoms with Crippen molar-refractivity contribution in [2.45, 2.75) is 13.0 Å². The smallest absolute Gasteiger partial charge is 0.125 e. The summed E-state index contributed by atoms with van der Waals surface area (Å²) in [6.07, 6.45) is -0.758. The van der Waals surface area contributed by atoms with Gasteiger partial charge in [-0.1, -0.05) is 0 Å². The average molecular weight is 270 g/mol. The molecule has 1 rings (SSSR count). The van der Waals surface area contributed by atoms with Gasteiger partial charge in [0.2, 0.25) is 0 Å². The van der Waals surface area contributed by atoms with Gasteiger partial charge in [0, 0.05) is 12.2 Å². The van der Waals surface area contributed by atoms with Gasteiger partial charge in [0.15, 0.2) is 0 Å². The van der Waals surface area contributed by atoms with Gasteiger partial charge in [0.25, 0.3) is 0 Å².